The van der Waals surface area contributed by atoms with E-state index in [4.69, 9.17) is 0 Å². The number of hydrogen-bond donors (Lipinski definition) is 1. The van der Waals surface area contributed by atoms with Crippen LogP contribution in [-0.2, 0) is 13.6 Å². The highest BCUT2D eigenvalue weighted by Gasteiger charge is 2.20. The van der Waals surface area contributed by atoms with Crippen molar-refractivity contribution < 1.29 is 0 Å². The van der Waals surface area contributed by atoms with Crippen molar-refractivity contribution >= 4 is 11.8 Å². The second kappa shape index (κ2) is 5.07. The number of hydrogen-bond acceptors (Lipinski definition) is 5. The van der Waals surface area contributed by atoms with Gasteiger partial charge >= 0.3 is 0 Å². The first-order chi connectivity index (χ1) is 8.83. The molecule has 0 aromatic carbocycles. The Morgan fingerprint density at radius 1 is 1.50 bits per heavy atom. The molecule has 2 aromatic rings. The molecule has 1 aliphatic rings. The van der Waals surface area contributed by atoms with Crippen LogP contribution in [-0.4, -0.2) is 25.8 Å². The molecular formula is C12H15N5S. The first-order valence-corrected chi connectivity index (χ1v) is 6.83. The van der Waals surface area contributed by atoms with Crippen LogP contribution in [0, 0.1) is 0 Å². The lowest BCUT2D eigenvalue weighted by Crippen LogP contribution is -2.16. The normalized spacial score (nSPS) is 14.9. The SMILES string of the molecule is Cn1cnnc1Sc1ncccc1CNC1CC1. The van der Waals surface area contributed by atoms with Crippen molar-refractivity contribution in [3.8, 4) is 0 Å². The summed E-state index contributed by atoms with van der Waals surface area (Å²) in [7, 11) is 1.94. The molecule has 0 aliphatic heterocycles. The van der Waals surface area contributed by atoms with Gasteiger partial charge in [0, 0.05) is 25.8 Å². The number of aromatic nitrogens is 4. The third-order valence-electron chi connectivity index (χ3n) is 2.87. The summed E-state index contributed by atoms with van der Waals surface area (Å²) in [5.41, 5.74) is 1.22. The van der Waals surface area contributed by atoms with Crippen LogP contribution in [0.3, 0.4) is 0 Å². The van der Waals surface area contributed by atoms with Crippen LogP contribution in [0.5, 0.6) is 0 Å². The van der Waals surface area contributed by atoms with Crippen molar-refractivity contribution in [2.45, 2.75) is 35.6 Å². The zero-order valence-electron chi connectivity index (χ0n) is 10.2. The van der Waals surface area contributed by atoms with E-state index in [-0.39, 0.29) is 0 Å². The fraction of sp³-hybridized carbons (Fsp3) is 0.417. The van der Waals surface area contributed by atoms with Gasteiger partial charge in [-0.15, -0.1) is 10.2 Å². The van der Waals surface area contributed by atoms with E-state index in [9.17, 15) is 0 Å². The summed E-state index contributed by atoms with van der Waals surface area (Å²) in [5.74, 6) is 0. The monoisotopic (exact) mass is 261 g/mol. The third-order valence-corrected chi connectivity index (χ3v) is 3.98. The van der Waals surface area contributed by atoms with Crippen molar-refractivity contribution in [2.75, 3.05) is 0 Å². The second-order valence-electron chi connectivity index (χ2n) is 4.45. The number of pyridine rings is 1. The number of nitrogens with one attached hydrogen (secondary N) is 1. The molecule has 0 bridgehead atoms. The van der Waals surface area contributed by atoms with Gasteiger partial charge in [-0.2, -0.15) is 0 Å². The lowest BCUT2D eigenvalue weighted by molar-refractivity contribution is 0.674. The molecule has 0 radical (unpaired) electrons. The Morgan fingerprint density at radius 3 is 3.11 bits per heavy atom. The zero-order chi connectivity index (χ0) is 12.4. The fourth-order valence-electron chi connectivity index (χ4n) is 1.64. The summed E-state index contributed by atoms with van der Waals surface area (Å²) in [5, 5.41) is 13.3. The standard InChI is InChI=1S/C12H15N5S/c1-17-8-15-16-12(17)18-11-9(3-2-6-13-11)7-14-10-4-5-10/h2-3,6,8,10,14H,4-5,7H2,1H3. The van der Waals surface area contributed by atoms with Crippen LogP contribution in [0.25, 0.3) is 0 Å². The minimum Gasteiger partial charge on any atom is -0.311 e. The molecule has 2 aromatic heterocycles. The maximum atomic E-state index is 4.43. The number of nitrogens with zero attached hydrogens (tertiary/aromatic N) is 4. The van der Waals surface area contributed by atoms with E-state index >= 15 is 0 Å². The Bertz CT molecular complexity index is 535. The van der Waals surface area contributed by atoms with Gasteiger partial charge in [0.15, 0.2) is 5.16 Å². The topological polar surface area (TPSA) is 55.6 Å². The van der Waals surface area contributed by atoms with Crippen LogP contribution in [0.15, 0.2) is 34.8 Å². The number of aryl methyl sites for hydroxylation is 1. The summed E-state index contributed by atoms with van der Waals surface area (Å²) in [4.78, 5) is 4.43. The van der Waals surface area contributed by atoms with Crippen molar-refractivity contribution in [3.05, 3.63) is 30.2 Å². The van der Waals surface area contributed by atoms with Crippen molar-refractivity contribution in [3.63, 3.8) is 0 Å². The highest BCUT2D eigenvalue weighted by molar-refractivity contribution is 7.99. The molecule has 6 heteroatoms. The predicted molar refractivity (Wildman–Crippen MR) is 69.2 cm³/mol. The molecule has 18 heavy (non-hydrogen) atoms. The largest absolute Gasteiger partial charge is 0.311 e. The van der Waals surface area contributed by atoms with Gasteiger partial charge in [-0.1, -0.05) is 6.07 Å². The number of rotatable bonds is 5. The summed E-state index contributed by atoms with van der Waals surface area (Å²) >= 11 is 1.56. The van der Waals surface area contributed by atoms with Gasteiger partial charge in [0.1, 0.15) is 11.4 Å². The smallest absolute Gasteiger partial charge is 0.197 e. The van der Waals surface area contributed by atoms with E-state index in [0.29, 0.717) is 6.04 Å². The van der Waals surface area contributed by atoms with E-state index in [1.165, 1.54) is 18.4 Å². The first kappa shape index (κ1) is 11.7. The Hall–Kier alpha value is -1.40. The summed E-state index contributed by atoms with van der Waals surface area (Å²) in [6.07, 6.45) is 6.12. The Balaban J connectivity index is 1.75. The summed E-state index contributed by atoms with van der Waals surface area (Å²) < 4.78 is 1.90. The minimum absolute atomic E-state index is 0.706. The van der Waals surface area contributed by atoms with Crippen LogP contribution in [0.1, 0.15) is 18.4 Å². The van der Waals surface area contributed by atoms with Gasteiger partial charge in [-0.3, -0.25) is 0 Å². The van der Waals surface area contributed by atoms with E-state index in [1.54, 1.807) is 18.1 Å². The minimum atomic E-state index is 0.706. The molecule has 3 rings (SSSR count). The van der Waals surface area contributed by atoms with E-state index in [0.717, 1.165) is 16.7 Å². The third kappa shape index (κ3) is 2.70. The molecule has 1 aliphatic carbocycles. The van der Waals surface area contributed by atoms with Crippen LogP contribution in [0.4, 0.5) is 0 Å². The molecule has 0 spiro atoms. The molecule has 0 amide bonds. The van der Waals surface area contributed by atoms with Crippen LogP contribution < -0.4 is 5.32 Å². The molecule has 1 fully saturated rings. The predicted octanol–water partition coefficient (Wildman–Crippen LogP) is 1.61. The van der Waals surface area contributed by atoms with E-state index in [2.05, 4.69) is 26.6 Å². The summed E-state index contributed by atoms with van der Waals surface area (Å²) in [6, 6.07) is 4.80. The molecule has 2 heterocycles. The lowest BCUT2D eigenvalue weighted by Gasteiger charge is -2.08. The maximum absolute atomic E-state index is 4.43. The lowest BCUT2D eigenvalue weighted by atomic mass is 10.3. The van der Waals surface area contributed by atoms with Crippen molar-refractivity contribution in [1.82, 2.24) is 25.1 Å². The summed E-state index contributed by atoms with van der Waals surface area (Å²) in [6.45, 7) is 0.874. The van der Waals surface area contributed by atoms with Crippen LogP contribution >= 0.6 is 11.8 Å². The van der Waals surface area contributed by atoms with E-state index < -0.39 is 0 Å². The van der Waals surface area contributed by atoms with Crippen LogP contribution in [0.2, 0.25) is 0 Å². The average Bonchev–Trinajstić information content (AvgIpc) is 3.13. The zero-order valence-corrected chi connectivity index (χ0v) is 11.0. The fourth-order valence-corrected chi connectivity index (χ4v) is 2.48. The quantitative estimate of drug-likeness (QED) is 0.886. The average molecular weight is 261 g/mol. The molecule has 1 saturated carbocycles. The molecule has 5 nitrogen and oxygen atoms in total. The highest BCUT2D eigenvalue weighted by atomic mass is 32.2. The van der Waals surface area contributed by atoms with Gasteiger partial charge in [0.25, 0.3) is 0 Å². The molecule has 0 saturated heterocycles. The highest BCUT2D eigenvalue weighted by Crippen LogP contribution is 2.27. The van der Waals surface area contributed by atoms with Crippen molar-refractivity contribution in [2.24, 2.45) is 7.05 Å². The van der Waals surface area contributed by atoms with Gasteiger partial charge in [0.2, 0.25) is 0 Å². The van der Waals surface area contributed by atoms with Gasteiger partial charge in [0.05, 0.1) is 0 Å². The van der Waals surface area contributed by atoms with Gasteiger partial charge in [-0.05, 0) is 36.2 Å². The first-order valence-electron chi connectivity index (χ1n) is 6.02. The molecule has 1 N–H and O–H groups in total. The second-order valence-corrected chi connectivity index (χ2v) is 5.41. The van der Waals surface area contributed by atoms with Gasteiger partial charge in [-0.25, -0.2) is 4.98 Å². The molecule has 94 valence electrons. The van der Waals surface area contributed by atoms with E-state index in [1.807, 2.05) is 23.9 Å². The Labute approximate surface area is 110 Å². The Kier molecular flexibility index (Phi) is 3.29. The van der Waals surface area contributed by atoms with Crippen molar-refractivity contribution in [1.29, 1.82) is 0 Å². The van der Waals surface area contributed by atoms with Gasteiger partial charge < -0.3 is 9.88 Å². The Morgan fingerprint density at radius 2 is 2.39 bits per heavy atom. The molecular weight excluding hydrogens is 246 g/mol. The molecule has 0 atom stereocenters. The maximum Gasteiger partial charge on any atom is 0.197 e. The molecule has 0 unspecified atom stereocenters.